The van der Waals surface area contributed by atoms with Crippen LogP contribution >= 0.6 is 0 Å². The maximum Gasteiger partial charge on any atom is 0.233 e. The fourth-order valence-corrected chi connectivity index (χ4v) is 5.57. The van der Waals surface area contributed by atoms with Gasteiger partial charge in [0.1, 0.15) is 0 Å². The minimum absolute atomic E-state index is 0.262. The predicted octanol–water partition coefficient (Wildman–Crippen LogP) is 3.60. The fourth-order valence-electron chi connectivity index (χ4n) is 5.57. The SMILES string of the molecule is O=C(N1CCc2ccccc21)C12CC(O)=C3CCC(C1)C3C2. The molecule has 3 atom stereocenters. The van der Waals surface area contributed by atoms with Gasteiger partial charge in [-0.15, -0.1) is 0 Å². The summed E-state index contributed by atoms with van der Waals surface area (Å²) in [6.07, 6.45) is 5.69. The number of amides is 1. The van der Waals surface area contributed by atoms with E-state index in [1.807, 2.05) is 17.0 Å². The fraction of sp³-hybridized carbons (Fsp3) is 0.526. The number of aliphatic hydroxyl groups is 1. The number of fused-ring (bicyclic) bond motifs is 2. The quantitative estimate of drug-likeness (QED) is 0.860. The van der Waals surface area contributed by atoms with Crippen LogP contribution in [0.1, 0.15) is 37.7 Å². The molecule has 3 heteroatoms. The van der Waals surface area contributed by atoms with Crippen molar-refractivity contribution in [2.24, 2.45) is 17.3 Å². The molecule has 3 aliphatic carbocycles. The first-order valence-electron chi connectivity index (χ1n) is 8.49. The van der Waals surface area contributed by atoms with E-state index in [0.29, 0.717) is 24.0 Å². The third kappa shape index (κ3) is 1.49. The van der Waals surface area contributed by atoms with Crippen LogP contribution in [-0.2, 0) is 11.2 Å². The topological polar surface area (TPSA) is 40.5 Å². The van der Waals surface area contributed by atoms with Gasteiger partial charge in [-0.25, -0.2) is 0 Å². The van der Waals surface area contributed by atoms with Crippen molar-refractivity contribution in [1.82, 2.24) is 0 Å². The van der Waals surface area contributed by atoms with Crippen molar-refractivity contribution in [3.63, 3.8) is 0 Å². The van der Waals surface area contributed by atoms with E-state index in [-0.39, 0.29) is 11.3 Å². The lowest BCUT2D eigenvalue weighted by atomic mass is 9.74. The molecule has 1 aromatic carbocycles. The molecule has 22 heavy (non-hydrogen) atoms. The smallest absolute Gasteiger partial charge is 0.233 e. The lowest BCUT2D eigenvalue weighted by molar-refractivity contribution is -0.128. The second-order valence-electron chi connectivity index (χ2n) is 7.58. The first-order valence-corrected chi connectivity index (χ1v) is 8.49. The van der Waals surface area contributed by atoms with Gasteiger partial charge in [-0.1, -0.05) is 18.2 Å². The molecule has 0 radical (unpaired) electrons. The molecule has 0 spiro atoms. The van der Waals surface area contributed by atoms with Gasteiger partial charge in [-0.2, -0.15) is 0 Å². The number of carbonyl (C=O) groups excluding carboxylic acids is 1. The molecule has 3 nitrogen and oxygen atoms in total. The Morgan fingerprint density at radius 3 is 3.00 bits per heavy atom. The van der Waals surface area contributed by atoms with Crippen LogP contribution < -0.4 is 4.90 Å². The Bertz CT molecular complexity index is 707. The second kappa shape index (κ2) is 4.15. The molecule has 0 saturated heterocycles. The van der Waals surface area contributed by atoms with Gasteiger partial charge in [-0.05, 0) is 61.1 Å². The van der Waals surface area contributed by atoms with Crippen molar-refractivity contribution < 1.29 is 9.90 Å². The van der Waals surface area contributed by atoms with Crippen molar-refractivity contribution >= 4 is 11.6 Å². The number of nitrogens with zero attached hydrogens (tertiary/aromatic N) is 1. The van der Waals surface area contributed by atoms with Gasteiger partial charge in [-0.3, -0.25) is 4.79 Å². The average molecular weight is 295 g/mol. The summed E-state index contributed by atoms with van der Waals surface area (Å²) in [4.78, 5) is 15.4. The number of benzene rings is 1. The minimum atomic E-state index is -0.333. The Morgan fingerprint density at radius 2 is 2.09 bits per heavy atom. The standard InChI is InChI=1S/C19H21NO2/c21-17-11-19(9-13-5-6-14(17)15(13)10-19)18(22)20-8-7-12-3-1-2-4-16(12)20/h1-4,13,15,21H,5-11H2. The summed E-state index contributed by atoms with van der Waals surface area (Å²) in [5, 5.41) is 10.4. The Labute approximate surface area is 130 Å². The van der Waals surface area contributed by atoms with Crippen LogP contribution in [0.5, 0.6) is 0 Å². The molecular weight excluding hydrogens is 274 g/mol. The first kappa shape index (κ1) is 12.7. The van der Waals surface area contributed by atoms with E-state index in [4.69, 9.17) is 0 Å². The van der Waals surface area contributed by atoms with Crippen molar-refractivity contribution in [2.75, 3.05) is 11.4 Å². The zero-order chi connectivity index (χ0) is 14.9. The number of para-hydroxylation sites is 1. The maximum atomic E-state index is 13.4. The molecule has 5 rings (SSSR count). The highest BCUT2D eigenvalue weighted by molar-refractivity contribution is 6.00. The first-order chi connectivity index (χ1) is 10.7. The van der Waals surface area contributed by atoms with Gasteiger partial charge in [0.25, 0.3) is 0 Å². The third-order valence-electron chi connectivity index (χ3n) is 6.53. The number of hydrogen-bond acceptors (Lipinski definition) is 2. The maximum absolute atomic E-state index is 13.4. The zero-order valence-electron chi connectivity index (χ0n) is 12.7. The number of anilines is 1. The van der Waals surface area contributed by atoms with Crippen LogP contribution in [0.25, 0.3) is 0 Å². The van der Waals surface area contributed by atoms with Crippen molar-refractivity contribution in [2.45, 2.75) is 38.5 Å². The molecular formula is C19H21NO2. The lowest BCUT2D eigenvalue weighted by Gasteiger charge is -2.36. The van der Waals surface area contributed by atoms with Crippen LogP contribution in [0, 0.1) is 17.3 Å². The normalized spacial score (nSPS) is 35.2. The van der Waals surface area contributed by atoms with E-state index in [9.17, 15) is 9.90 Å². The summed E-state index contributed by atoms with van der Waals surface area (Å²) in [5.74, 6) is 1.91. The third-order valence-corrected chi connectivity index (χ3v) is 6.53. The van der Waals surface area contributed by atoms with Gasteiger partial charge in [0.05, 0.1) is 11.2 Å². The molecule has 1 aromatic rings. The van der Waals surface area contributed by atoms with Gasteiger partial charge in [0.15, 0.2) is 0 Å². The highest BCUT2D eigenvalue weighted by atomic mass is 16.3. The molecule has 0 aromatic heterocycles. The molecule has 2 fully saturated rings. The van der Waals surface area contributed by atoms with Gasteiger partial charge < -0.3 is 10.0 Å². The van der Waals surface area contributed by atoms with Crippen LogP contribution in [0.2, 0.25) is 0 Å². The van der Waals surface area contributed by atoms with Crippen LogP contribution in [0.3, 0.4) is 0 Å². The number of carbonyl (C=O) groups is 1. The minimum Gasteiger partial charge on any atom is -0.512 e. The molecule has 1 aliphatic heterocycles. The van der Waals surface area contributed by atoms with Gasteiger partial charge in [0, 0.05) is 18.7 Å². The lowest BCUT2D eigenvalue weighted by Crippen LogP contribution is -2.44. The number of rotatable bonds is 1. The molecule has 1 heterocycles. The Morgan fingerprint density at radius 1 is 1.23 bits per heavy atom. The highest BCUT2D eigenvalue weighted by Gasteiger charge is 2.58. The number of allylic oxidation sites excluding steroid dienone is 2. The van der Waals surface area contributed by atoms with Crippen LogP contribution in [0.15, 0.2) is 35.6 Å². The van der Waals surface area contributed by atoms with Crippen molar-refractivity contribution in [3.05, 3.63) is 41.2 Å². The van der Waals surface area contributed by atoms with Gasteiger partial charge in [0.2, 0.25) is 5.91 Å². The van der Waals surface area contributed by atoms with E-state index >= 15 is 0 Å². The Balaban J connectivity index is 1.53. The average Bonchev–Trinajstić information content (AvgIpc) is 3.16. The van der Waals surface area contributed by atoms with Crippen molar-refractivity contribution in [1.29, 1.82) is 0 Å². The monoisotopic (exact) mass is 295 g/mol. The summed E-state index contributed by atoms with van der Waals surface area (Å²) >= 11 is 0. The molecule has 2 saturated carbocycles. The second-order valence-corrected chi connectivity index (χ2v) is 7.58. The van der Waals surface area contributed by atoms with Crippen LogP contribution in [0.4, 0.5) is 5.69 Å². The number of hydrogen-bond donors (Lipinski definition) is 1. The van der Waals surface area contributed by atoms with E-state index in [1.165, 1.54) is 11.1 Å². The van der Waals surface area contributed by atoms with Crippen molar-refractivity contribution in [3.8, 4) is 0 Å². The summed E-state index contributed by atoms with van der Waals surface area (Å²) in [6.45, 7) is 0.798. The van der Waals surface area contributed by atoms with Crippen LogP contribution in [-0.4, -0.2) is 17.6 Å². The van der Waals surface area contributed by atoms with Gasteiger partial charge >= 0.3 is 0 Å². The summed E-state index contributed by atoms with van der Waals surface area (Å²) in [6, 6.07) is 8.25. The summed E-state index contributed by atoms with van der Waals surface area (Å²) in [7, 11) is 0. The molecule has 4 aliphatic rings. The summed E-state index contributed by atoms with van der Waals surface area (Å²) < 4.78 is 0. The largest absolute Gasteiger partial charge is 0.512 e. The molecule has 1 N–H and O–H groups in total. The molecule has 3 unspecified atom stereocenters. The molecule has 2 bridgehead atoms. The van der Waals surface area contributed by atoms with E-state index in [0.717, 1.165) is 44.3 Å². The van der Waals surface area contributed by atoms with E-state index in [1.54, 1.807) is 0 Å². The van der Waals surface area contributed by atoms with E-state index in [2.05, 4.69) is 12.1 Å². The molecule has 1 amide bonds. The summed E-state index contributed by atoms with van der Waals surface area (Å²) in [5.41, 5.74) is 3.31. The Kier molecular flexibility index (Phi) is 2.41. The predicted molar refractivity (Wildman–Crippen MR) is 84.7 cm³/mol. The molecule has 114 valence electrons. The Hall–Kier alpha value is -1.77. The number of aliphatic hydroxyl groups excluding tert-OH is 1. The highest BCUT2D eigenvalue weighted by Crippen LogP contribution is 2.62. The zero-order valence-corrected chi connectivity index (χ0v) is 12.7. The van der Waals surface area contributed by atoms with E-state index < -0.39 is 0 Å².